The first-order chi connectivity index (χ1) is 5.86. The van der Waals surface area contributed by atoms with Crippen molar-refractivity contribution >= 4 is 11.6 Å². The first-order valence-electron chi connectivity index (χ1n) is 4.05. The summed E-state index contributed by atoms with van der Waals surface area (Å²) in [4.78, 5) is 0. The molecular formula is C10H13ClO. The van der Waals surface area contributed by atoms with E-state index in [0.717, 1.165) is 24.5 Å². The zero-order valence-electron chi connectivity index (χ0n) is 7.22. The van der Waals surface area contributed by atoms with Crippen LogP contribution in [0.3, 0.4) is 0 Å². The first kappa shape index (κ1) is 9.40. The lowest BCUT2D eigenvalue weighted by atomic mass is 10.1. The SMILES string of the molecule is COc1cccc(CCCCl)c1. The molecule has 0 aliphatic carbocycles. The summed E-state index contributed by atoms with van der Waals surface area (Å²) in [7, 11) is 1.68. The Labute approximate surface area is 78.3 Å². The van der Waals surface area contributed by atoms with Gasteiger partial charge in [-0.1, -0.05) is 12.1 Å². The molecule has 1 rings (SSSR count). The molecule has 2 heteroatoms. The highest BCUT2D eigenvalue weighted by molar-refractivity contribution is 6.17. The maximum absolute atomic E-state index is 5.59. The van der Waals surface area contributed by atoms with Gasteiger partial charge in [0.05, 0.1) is 7.11 Å². The third-order valence-corrected chi connectivity index (χ3v) is 2.00. The lowest BCUT2D eigenvalue weighted by Gasteiger charge is -2.02. The van der Waals surface area contributed by atoms with Crippen LogP contribution in [-0.2, 0) is 6.42 Å². The third-order valence-electron chi connectivity index (χ3n) is 1.73. The molecule has 0 fully saturated rings. The molecule has 0 aliphatic rings. The number of hydrogen-bond acceptors (Lipinski definition) is 1. The van der Waals surface area contributed by atoms with E-state index in [1.165, 1.54) is 5.56 Å². The van der Waals surface area contributed by atoms with Crippen LogP contribution in [0.2, 0.25) is 0 Å². The summed E-state index contributed by atoms with van der Waals surface area (Å²) >= 11 is 5.59. The van der Waals surface area contributed by atoms with Crippen molar-refractivity contribution in [1.82, 2.24) is 0 Å². The van der Waals surface area contributed by atoms with Gasteiger partial charge in [-0.25, -0.2) is 0 Å². The Balaban J connectivity index is 2.60. The van der Waals surface area contributed by atoms with Crippen LogP contribution in [-0.4, -0.2) is 13.0 Å². The number of halogens is 1. The van der Waals surface area contributed by atoms with Crippen molar-refractivity contribution in [3.05, 3.63) is 29.8 Å². The zero-order chi connectivity index (χ0) is 8.81. The van der Waals surface area contributed by atoms with Crippen molar-refractivity contribution < 1.29 is 4.74 Å². The molecular weight excluding hydrogens is 172 g/mol. The predicted molar refractivity (Wildman–Crippen MR) is 52.0 cm³/mol. The minimum Gasteiger partial charge on any atom is -0.497 e. The van der Waals surface area contributed by atoms with E-state index in [1.54, 1.807) is 7.11 Å². The van der Waals surface area contributed by atoms with Crippen LogP contribution < -0.4 is 4.74 Å². The molecule has 0 unspecified atom stereocenters. The number of methoxy groups -OCH3 is 1. The maximum Gasteiger partial charge on any atom is 0.119 e. The molecule has 0 saturated carbocycles. The van der Waals surface area contributed by atoms with Crippen LogP contribution >= 0.6 is 11.6 Å². The van der Waals surface area contributed by atoms with Gasteiger partial charge in [0.15, 0.2) is 0 Å². The van der Waals surface area contributed by atoms with E-state index >= 15 is 0 Å². The number of rotatable bonds is 4. The van der Waals surface area contributed by atoms with E-state index in [1.807, 2.05) is 18.2 Å². The van der Waals surface area contributed by atoms with Gasteiger partial charge in [0, 0.05) is 5.88 Å². The van der Waals surface area contributed by atoms with Crippen LogP contribution in [0.5, 0.6) is 5.75 Å². The minimum absolute atomic E-state index is 0.719. The molecule has 0 heterocycles. The molecule has 0 saturated heterocycles. The molecule has 0 aromatic heterocycles. The fourth-order valence-corrected chi connectivity index (χ4v) is 1.23. The van der Waals surface area contributed by atoms with Gasteiger partial charge in [0.1, 0.15) is 5.75 Å². The highest BCUT2D eigenvalue weighted by atomic mass is 35.5. The Morgan fingerprint density at radius 1 is 1.42 bits per heavy atom. The highest BCUT2D eigenvalue weighted by Gasteiger charge is 1.94. The van der Waals surface area contributed by atoms with Crippen molar-refractivity contribution in [1.29, 1.82) is 0 Å². The Bertz CT molecular complexity index is 235. The van der Waals surface area contributed by atoms with Gasteiger partial charge in [-0.15, -0.1) is 11.6 Å². The van der Waals surface area contributed by atoms with Gasteiger partial charge in [0.25, 0.3) is 0 Å². The lowest BCUT2D eigenvalue weighted by molar-refractivity contribution is 0.414. The largest absolute Gasteiger partial charge is 0.497 e. The third kappa shape index (κ3) is 2.74. The van der Waals surface area contributed by atoms with E-state index in [2.05, 4.69) is 6.07 Å². The average molecular weight is 185 g/mol. The van der Waals surface area contributed by atoms with E-state index < -0.39 is 0 Å². The Kier molecular flexibility index (Phi) is 3.95. The monoisotopic (exact) mass is 184 g/mol. The molecule has 1 aromatic carbocycles. The summed E-state index contributed by atoms with van der Waals surface area (Å²) in [5.41, 5.74) is 1.29. The lowest BCUT2D eigenvalue weighted by Crippen LogP contribution is -1.88. The van der Waals surface area contributed by atoms with Gasteiger partial charge < -0.3 is 4.74 Å². The summed E-state index contributed by atoms with van der Waals surface area (Å²) in [5, 5.41) is 0. The Morgan fingerprint density at radius 2 is 2.25 bits per heavy atom. The van der Waals surface area contributed by atoms with Crippen molar-refractivity contribution in [3.63, 3.8) is 0 Å². The van der Waals surface area contributed by atoms with Crippen molar-refractivity contribution in [3.8, 4) is 5.75 Å². The summed E-state index contributed by atoms with van der Waals surface area (Å²) < 4.78 is 5.10. The van der Waals surface area contributed by atoms with Gasteiger partial charge in [-0.05, 0) is 30.5 Å². The van der Waals surface area contributed by atoms with Crippen molar-refractivity contribution in [2.75, 3.05) is 13.0 Å². The van der Waals surface area contributed by atoms with Gasteiger partial charge in [0.2, 0.25) is 0 Å². The number of alkyl halides is 1. The summed E-state index contributed by atoms with van der Waals surface area (Å²) in [6, 6.07) is 8.09. The Hall–Kier alpha value is -0.690. The minimum atomic E-state index is 0.719. The number of benzene rings is 1. The summed E-state index contributed by atoms with van der Waals surface area (Å²) in [5.74, 6) is 1.64. The molecule has 66 valence electrons. The van der Waals surface area contributed by atoms with Crippen LogP contribution in [0, 0.1) is 0 Å². The molecule has 0 aliphatic heterocycles. The standard InChI is InChI=1S/C10H13ClO/c1-12-10-6-2-4-9(8-10)5-3-7-11/h2,4,6,8H,3,5,7H2,1H3. The highest BCUT2D eigenvalue weighted by Crippen LogP contribution is 2.13. The molecule has 0 N–H and O–H groups in total. The second-order valence-electron chi connectivity index (χ2n) is 2.64. The zero-order valence-corrected chi connectivity index (χ0v) is 7.97. The summed E-state index contributed by atoms with van der Waals surface area (Å²) in [6.45, 7) is 0. The predicted octanol–water partition coefficient (Wildman–Crippen LogP) is 2.87. The molecule has 0 bridgehead atoms. The molecule has 0 amide bonds. The molecule has 1 aromatic rings. The van der Waals surface area contributed by atoms with Gasteiger partial charge in [-0.2, -0.15) is 0 Å². The van der Waals surface area contributed by atoms with Crippen LogP contribution in [0.4, 0.5) is 0 Å². The van der Waals surface area contributed by atoms with E-state index in [9.17, 15) is 0 Å². The molecule has 0 spiro atoms. The van der Waals surface area contributed by atoms with Gasteiger partial charge in [-0.3, -0.25) is 0 Å². The average Bonchev–Trinajstić information content (AvgIpc) is 2.15. The van der Waals surface area contributed by atoms with Crippen LogP contribution in [0.1, 0.15) is 12.0 Å². The second kappa shape index (κ2) is 5.04. The van der Waals surface area contributed by atoms with Crippen molar-refractivity contribution in [2.24, 2.45) is 0 Å². The normalized spacial score (nSPS) is 9.83. The van der Waals surface area contributed by atoms with E-state index in [-0.39, 0.29) is 0 Å². The van der Waals surface area contributed by atoms with Crippen molar-refractivity contribution in [2.45, 2.75) is 12.8 Å². The number of ether oxygens (including phenoxy) is 1. The fraction of sp³-hybridized carbons (Fsp3) is 0.400. The maximum atomic E-state index is 5.59. The van der Waals surface area contributed by atoms with E-state index in [0.29, 0.717) is 0 Å². The second-order valence-corrected chi connectivity index (χ2v) is 3.02. The van der Waals surface area contributed by atoms with Gasteiger partial charge >= 0.3 is 0 Å². The molecule has 0 atom stereocenters. The van der Waals surface area contributed by atoms with Crippen LogP contribution in [0.15, 0.2) is 24.3 Å². The van der Waals surface area contributed by atoms with Crippen LogP contribution in [0.25, 0.3) is 0 Å². The quantitative estimate of drug-likeness (QED) is 0.654. The Morgan fingerprint density at radius 3 is 2.92 bits per heavy atom. The molecule has 0 radical (unpaired) electrons. The molecule has 1 nitrogen and oxygen atoms in total. The topological polar surface area (TPSA) is 9.23 Å². The first-order valence-corrected chi connectivity index (χ1v) is 4.59. The molecule has 12 heavy (non-hydrogen) atoms. The number of aryl methyl sites for hydroxylation is 1. The smallest absolute Gasteiger partial charge is 0.119 e. The van der Waals surface area contributed by atoms with E-state index in [4.69, 9.17) is 16.3 Å². The summed E-state index contributed by atoms with van der Waals surface area (Å²) in [6.07, 6.45) is 2.05. The fourth-order valence-electron chi connectivity index (χ4n) is 1.10. The number of hydrogen-bond donors (Lipinski definition) is 0.